The zero-order valence-corrected chi connectivity index (χ0v) is 24.2. The van der Waals surface area contributed by atoms with Crippen molar-refractivity contribution < 1.29 is 18.5 Å². The van der Waals surface area contributed by atoms with Gasteiger partial charge >= 0.3 is 0 Å². The fraction of sp³-hybridized carbons (Fsp3) is 0.147. The van der Waals surface area contributed by atoms with Crippen molar-refractivity contribution in [2.75, 3.05) is 5.75 Å². The van der Waals surface area contributed by atoms with E-state index in [9.17, 15) is 13.8 Å². The van der Waals surface area contributed by atoms with Crippen LogP contribution in [0.1, 0.15) is 28.4 Å². The lowest BCUT2D eigenvalue weighted by molar-refractivity contribution is -0.145. The van der Waals surface area contributed by atoms with Gasteiger partial charge < -0.3 is 10.1 Å². The van der Waals surface area contributed by atoms with Crippen LogP contribution in [0, 0.1) is 0 Å². The fourth-order valence-corrected chi connectivity index (χ4v) is 7.39. The van der Waals surface area contributed by atoms with Gasteiger partial charge in [0.1, 0.15) is 23.2 Å². The maximum Gasteiger partial charge on any atom is 0.254 e. The first kappa shape index (κ1) is 27.8. The molecule has 0 bridgehead atoms. The molecule has 0 spiro atoms. The third-order valence-electron chi connectivity index (χ3n) is 7.39. The highest BCUT2D eigenvalue weighted by atomic mass is 32.2. The number of thiocarbonyl (C=S) groups is 1. The highest BCUT2D eigenvalue weighted by Crippen LogP contribution is 2.40. The van der Waals surface area contributed by atoms with Crippen LogP contribution in [0.5, 0.6) is 0 Å². The normalized spacial score (nSPS) is 19.6. The molecule has 0 saturated carbocycles. The van der Waals surface area contributed by atoms with E-state index >= 15 is 0 Å². The molecule has 1 unspecified atom stereocenters. The highest BCUT2D eigenvalue weighted by Gasteiger charge is 2.57. The van der Waals surface area contributed by atoms with E-state index in [2.05, 4.69) is 5.32 Å². The third kappa shape index (κ3) is 5.55. The molecule has 2 heterocycles. The first-order valence-corrected chi connectivity index (χ1v) is 15.4. The smallest absolute Gasteiger partial charge is 0.254 e. The Balaban J connectivity index is 1.33. The average Bonchev–Trinajstić information content (AvgIpc) is 3.03. The number of rotatable bonds is 8. The molecule has 0 aromatic heterocycles. The van der Waals surface area contributed by atoms with Crippen molar-refractivity contribution in [1.82, 2.24) is 10.2 Å². The summed E-state index contributed by atoms with van der Waals surface area (Å²) in [5.74, 6) is -0.494. The molecule has 1 fully saturated rings. The molecule has 3 atom stereocenters. The van der Waals surface area contributed by atoms with Gasteiger partial charge in [-0.05, 0) is 34.5 Å². The van der Waals surface area contributed by atoms with Gasteiger partial charge in [-0.1, -0.05) is 121 Å². The summed E-state index contributed by atoms with van der Waals surface area (Å²) >= 11 is 5.94. The molecular formula is C34H28N2O4S2. The van der Waals surface area contributed by atoms with Gasteiger partial charge in [0, 0.05) is 5.57 Å². The minimum absolute atomic E-state index is 0.124. The Labute approximate surface area is 252 Å². The number of ether oxygens (including phenoxy) is 1. The molecule has 2 aliphatic rings. The van der Waals surface area contributed by atoms with Crippen LogP contribution in [0.4, 0.5) is 0 Å². The van der Waals surface area contributed by atoms with Crippen LogP contribution in [-0.2, 0) is 31.5 Å². The van der Waals surface area contributed by atoms with Crippen molar-refractivity contribution in [3.05, 3.63) is 149 Å². The van der Waals surface area contributed by atoms with Crippen LogP contribution in [0.25, 0.3) is 5.57 Å². The summed E-state index contributed by atoms with van der Waals surface area (Å²) in [4.78, 5) is 28.0. The molecule has 4 aromatic rings. The van der Waals surface area contributed by atoms with E-state index in [1.54, 1.807) is 0 Å². The molecule has 1 N–H and O–H groups in total. The summed E-state index contributed by atoms with van der Waals surface area (Å²) in [5, 5.41) is 2.21. The van der Waals surface area contributed by atoms with Crippen molar-refractivity contribution in [1.29, 1.82) is 0 Å². The molecule has 2 aliphatic heterocycles. The Kier molecular flexibility index (Phi) is 8.08. The van der Waals surface area contributed by atoms with E-state index in [0.29, 0.717) is 11.3 Å². The molecule has 6 rings (SSSR count). The number of carbonyl (C=O) groups is 2. The Bertz CT molecular complexity index is 1620. The standard InChI is InChI=1S/C34H28N2O4S2/c37-28(21-23-13-5-1-6-14-23)35-29-32(38)36-30(27(22-42(39)33(29)36)24-15-7-2-8-16-24)34(41)40-31(25-17-9-3-10-18-25)26-19-11-4-12-20-26/h1-20,29,31,33H,21-22H2,(H,35,37)/t29-,33-,42?/m1/s1. The fourth-order valence-electron chi connectivity index (χ4n) is 5.38. The molecule has 8 heteroatoms. The van der Waals surface area contributed by atoms with Crippen molar-refractivity contribution in [3.63, 3.8) is 0 Å². The molecule has 2 amide bonds. The van der Waals surface area contributed by atoms with Crippen molar-refractivity contribution in [2.24, 2.45) is 0 Å². The Hall–Kier alpha value is -4.40. The van der Waals surface area contributed by atoms with Gasteiger partial charge in [-0.15, -0.1) is 0 Å². The summed E-state index contributed by atoms with van der Waals surface area (Å²) in [6.07, 6.45) is -0.396. The number of hydrogen-bond donors (Lipinski definition) is 1. The van der Waals surface area contributed by atoms with Crippen molar-refractivity contribution >= 4 is 45.5 Å². The molecule has 0 radical (unpaired) electrons. The number of hydrogen-bond acceptors (Lipinski definition) is 5. The first-order valence-electron chi connectivity index (χ1n) is 13.6. The predicted octanol–water partition coefficient (Wildman–Crippen LogP) is 5.19. The lowest BCUT2D eigenvalue weighted by atomic mass is 9.98. The third-order valence-corrected chi connectivity index (χ3v) is 9.28. The number of β-lactam (4-membered cyclic amide) rings is 1. The van der Waals surface area contributed by atoms with Crippen LogP contribution in [-0.4, -0.2) is 43.1 Å². The second kappa shape index (κ2) is 12.2. The van der Waals surface area contributed by atoms with E-state index in [1.807, 2.05) is 121 Å². The molecular weight excluding hydrogens is 565 g/mol. The monoisotopic (exact) mass is 592 g/mol. The van der Waals surface area contributed by atoms with Crippen molar-refractivity contribution in [3.8, 4) is 0 Å². The summed E-state index contributed by atoms with van der Waals surface area (Å²) in [6.45, 7) is 0. The van der Waals surface area contributed by atoms with Crippen LogP contribution in [0.2, 0.25) is 0 Å². The molecule has 1 saturated heterocycles. The van der Waals surface area contributed by atoms with Gasteiger partial charge in [0.2, 0.25) is 11.0 Å². The Morgan fingerprint density at radius 3 is 1.95 bits per heavy atom. The van der Waals surface area contributed by atoms with Gasteiger partial charge in [0.05, 0.1) is 23.0 Å². The maximum atomic E-state index is 13.7. The number of amides is 2. The number of nitrogens with one attached hydrogen (secondary N) is 1. The minimum atomic E-state index is -1.48. The first-order chi connectivity index (χ1) is 20.5. The highest BCUT2D eigenvalue weighted by molar-refractivity contribution is 7.86. The van der Waals surface area contributed by atoms with Crippen LogP contribution in [0.15, 0.2) is 127 Å². The predicted molar refractivity (Wildman–Crippen MR) is 167 cm³/mol. The molecule has 42 heavy (non-hydrogen) atoms. The lowest BCUT2D eigenvalue weighted by Crippen LogP contribution is -2.73. The number of fused-ring (bicyclic) bond motifs is 1. The van der Waals surface area contributed by atoms with Crippen molar-refractivity contribution in [2.45, 2.75) is 23.9 Å². The Morgan fingerprint density at radius 1 is 0.857 bits per heavy atom. The topological polar surface area (TPSA) is 75.7 Å². The Morgan fingerprint density at radius 2 is 1.38 bits per heavy atom. The van der Waals surface area contributed by atoms with Crippen LogP contribution >= 0.6 is 12.2 Å². The van der Waals surface area contributed by atoms with E-state index in [0.717, 1.165) is 22.3 Å². The minimum Gasteiger partial charge on any atom is -0.469 e. The number of carbonyl (C=O) groups excluding carboxylic acids is 2. The molecule has 0 aliphatic carbocycles. The summed E-state index contributed by atoms with van der Waals surface area (Å²) in [7, 11) is -1.48. The number of benzene rings is 4. The van der Waals surface area contributed by atoms with Gasteiger partial charge in [0.25, 0.3) is 5.91 Å². The van der Waals surface area contributed by atoms with Crippen LogP contribution in [0.3, 0.4) is 0 Å². The maximum absolute atomic E-state index is 13.7. The summed E-state index contributed by atoms with van der Waals surface area (Å²) in [5.41, 5.74) is 4.56. The second-order valence-electron chi connectivity index (χ2n) is 10.1. The SMILES string of the molecule is O=C(Cc1ccccc1)N[C@@H]1C(=O)N2C(C(=S)OC(c3ccccc3)c3ccccc3)=C(c3ccccc3)CS(=O)[C@H]12. The zero-order chi connectivity index (χ0) is 29.1. The van der Waals surface area contributed by atoms with Gasteiger partial charge in [-0.3, -0.25) is 18.7 Å². The largest absolute Gasteiger partial charge is 0.469 e. The zero-order valence-electron chi connectivity index (χ0n) is 22.6. The molecule has 4 aromatic carbocycles. The summed E-state index contributed by atoms with van der Waals surface area (Å²) < 4.78 is 20.2. The second-order valence-corrected chi connectivity index (χ2v) is 12.0. The lowest BCUT2D eigenvalue weighted by Gasteiger charge is -2.50. The average molecular weight is 593 g/mol. The van der Waals surface area contributed by atoms with Gasteiger partial charge in [-0.2, -0.15) is 0 Å². The quantitative estimate of drug-likeness (QED) is 0.225. The van der Waals surface area contributed by atoms with Crippen LogP contribution < -0.4 is 5.32 Å². The molecule has 6 nitrogen and oxygen atoms in total. The summed E-state index contributed by atoms with van der Waals surface area (Å²) in [6, 6.07) is 37.4. The van der Waals surface area contributed by atoms with E-state index in [1.165, 1.54) is 4.90 Å². The van der Waals surface area contributed by atoms with Gasteiger partial charge in [0.15, 0.2) is 0 Å². The molecule has 210 valence electrons. The van der Waals surface area contributed by atoms with E-state index in [-0.39, 0.29) is 29.0 Å². The number of nitrogens with zero attached hydrogens (tertiary/aromatic N) is 1. The van der Waals surface area contributed by atoms with E-state index < -0.39 is 28.3 Å². The van der Waals surface area contributed by atoms with Gasteiger partial charge in [-0.25, -0.2) is 0 Å². The van der Waals surface area contributed by atoms with E-state index in [4.69, 9.17) is 17.0 Å².